The molecule has 1 N–H and O–H groups in total. The number of ether oxygens (including phenoxy) is 1. The molecule has 2 rings (SSSR count). The molecule has 2 aliphatic heterocycles. The second-order valence-corrected chi connectivity index (χ2v) is 7.04. The first-order valence-electron chi connectivity index (χ1n) is 6.95. The first kappa shape index (κ1) is 13.3. The number of hydrogen-bond donors (Lipinski definition) is 1. The van der Waals surface area contributed by atoms with E-state index in [9.17, 15) is 0 Å². The summed E-state index contributed by atoms with van der Waals surface area (Å²) < 4.78 is 6.12. The zero-order chi connectivity index (χ0) is 12.7. The lowest BCUT2D eigenvalue weighted by molar-refractivity contribution is -0.0488. The molecule has 2 fully saturated rings. The molecule has 3 heteroatoms. The largest absolute Gasteiger partial charge is 0.371 e. The molecule has 2 unspecified atom stereocenters. The van der Waals surface area contributed by atoms with Gasteiger partial charge in [-0.15, -0.1) is 0 Å². The van der Waals surface area contributed by atoms with Gasteiger partial charge in [-0.2, -0.15) is 0 Å². The van der Waals surface area contributed by atoms with Gasteiger partial charge in [-0.05, 0) is 47.5 Å². The van der Waals surface area contributed by atoms with Crippen molar-refractivity contribution in [2.75, 3.05) is 19.6 Å². The predicted molar refractivity (Wildman–Crippen MR) is 71.3 cm³/mol. The molecular formula is C14H28N2O. The fourth-order valence-electron chi connectivity index (χ4n) is 2.95. The van der Waals surface area contributed by atoms with Crippen LogP contribution in [0.4, 0.5) is 0 Å². The summed E-state index contributed by atoms with van der Waals surface area (Å²) in [6.07, 6.45) is 2.83. The van der Waals surface area contributed by atoms with Gasteiger partial charge in [0, 0.05) is 31.2 Å². The monoisotopic (exact) mass is 240 g/mol. The molecule has 2 heterocycles. The normalized spacial score (nSPS) is 37.2. The first-order valence-corrected chi connectivity index (χ1v) is 6.95. The van der Waals surface area contributed by atoms with Gasteiger partial charge >= 0.3 is 0 Å². The molecule has 0 aliphatic carbocycles. The number of rotatable bonds is 2. The minimum atomic E-state index is 0.0917. The van der Waals surface area contributed by atoms with Crippen LogP contribution in [0.25, 0.3) is 0 Å². The number of nitrogens with zero attached hydrogens (tertiary/aromatic N) is 1. The third-order valence-corrected chi connectivity index (χ3v) is 4.21. The van der Waals surface area contributed by atoms with Crippen molar-refractivity contribution in [3.8, 4) is 0 Å². The molecule has 100 valence electrons. The molecule has 0 amide bonds. The van der Waals surface area contributed by atoms with Gasteiger partial charge in [0.15, 0.2) is 0 Å². The number of nitrogens with one attached hydrogen (secondary N) is 1. The fraction of sp³-hybridized carbons (Fsp3) is 1.00. The smallest absolute Gasteiger partial charge is 0.0710 e. The van der Waals surface area contributed by atoms with Crippen LogP contribution in [-0.2, 0) is 4.74 Å². The Kier molecular flexibility index (Phi) is 3.54. The highest BCUT2D eigenvalue weighted by atomic mass is 16.5. The van der Waals surface area contributed by atoms with E-state index in [-0.39, 0.29) is 11.1 Å². The van der Waals surface area contributed by atoms with E-state index in [1.54, 1.807) is 0 Å². The van der Waals surface area contributed by atoms with Crippen LogP contribution < -0.4 is 5.32 Å². The van der Waals surface area contributed by atoms with Crippen molar-refractivity contribution in [1.29, 1.82) is 0 Å². The maximum Gasteiger partial charge on any atom is 0.0710 e. The van der Waals surface area contributed by atoms with E-state index in [0.717, 1.165) is 19.6 Å². The molecule has 0 saturated carbocycles. The maximum absolute atomic E-state index is 6.12. The highest BCUT2D eigenvalue weighted by molar-refractivity contribution is 4.94. The molecule has 0 spiro atoms. The van der Waals surface area contributed by atoms with Gasteiger partial charge in [0.25, 0.3) is 0 Å². The lowest BCUT2D eigenvalue weighted by Gasteiger charge is -2.46. The van der Waals surface area contributed by atoms with E-state index in [1.165, 1.54) is 12.8 Å². The zero-order valence-corrected chi connectivity index (χ0v) is 12.0. The minimum Gasteiger partial charge on any atom is -0.371 e. The molecule has 2 aliphatic rings. The van der Waals surface area contributed by atoms with Crippen molar-refractivity contribution in [2.24, 2.45) is 0 Å². The van der Waals surface area contributed by atoms with Crippen molar-refractivity contribution in [1.82, 2.24) is 10.2 Å². The van der Waals surface area contributed by atoms with E-state index >= 15 is 0 Å². The van der Waals surface area contributed by atoms with Crippen molar-refractivity contribution < 1.29 is 4.74 Å². The molecule has 0 aromatic heterocycles. The Morgan fingerprint density at radius 1 is 1.29 bits per heavy atom. The summed E-state index contributed by atoms with van der Waals surface area (Å²) in [4.78, 5) is 2.60. The first-order chi connectivity index (χ1) is 7.78. The third-order valence-electron chi connectivity index (χ3n) is 4.21. The Morgan fingerprint density at radius 2 is 2.00 bits per heavy atom. The maximum atomic E-state index is 6.12. The second-order valence-electron chi connectivity index (χ2n) is 7.04. The van der Waals surface area contributed by atoms with Gasteiger partial charge in [-0.3, -0.25) is 4.90 Å². The second kappa shape index (κ2) is 4.52. The summed E-state index contributed by atoms with van der Waals surface area (Å²) in [7, 11) is 0. The van der Waals surface area contributed by atoms with Crippen LogP contribution in [0.15, 0.2) is 0 Å². The number of piperazine rings is 1. The highest BCUT2D eigenvalue weighted by Gasteiger charge is 2.37. The molecule has 0 bridgehead atoms. The molecule has 17 heavy (non-hydrogen) atoms. The lowest BCUT2D eigenvalue weighted by Crippen LogP contribution is -2.62. The molecule has 3 nitrogen and oxygen atoms in total. The molecular weight excluding hydrogens is 212 g/mol. The van der Waals surface area contributed by atoms with Gasteiger partial charge in [0.2, 0.25) is 0 Å². The van der Waals surface area contributed by atoms with Gasteiger partial charge < -0.3 is 10.1 Å². The van der Waals surface area contributed by atoms with Crippen LogP contribution >= 0.6 is 0 Å². The Labute approximate surface area is 106 Å². The summed E-state index contributed by atoms with van der Waals surface area (Å²) in [5.74, 6) is 0. The average Bonchev–Trinajstić information content (AvgIpc) is 2.53. The quantitative estimate of drug-likeness (QED) is 0.799. The van der Waals surface area contributed by atoms with Gasteiger partial charge in [0.1, 0.15) is 0 Å². The molecule has 0 aromatic rings. The van der Waals surface area contributed by atoms with Crippen LogP contribution in [0.2, 0.25) is 0 Å². The average molecular weight is 240 g/mol. The van der Waals surface area contributed by atoms with Crippen molar-refractivity contribution in [3.63, 3.8) is 0 Å². The van der Waals surface area contributed by atoms with E-state index in [1.807, 2.05) is 0 Å². The highest BCUT2D eigenvalue weighted by Crippen LogP contribution is 2.31. The van der Waals surface area contributed by atoms with Gasteiger partial charge in [0.05, 0.1) is 11.7 Å². The van der Waals surface area contributed by atoms with Crippen LogP contribution in [0.5, 0.6) is 0 Å². The summed E-state index contributed by atoms with van der Waals surface area (Å²) in [6, 6.07) is 0.595. The Hall–Kier alpha value is -0.120. The van der Waals surface area contributed by atoms with Crippen molar-refractivity contribution in [2.45, 2.75) is 70.7 Å². The van der Waals surface area contributed by atoms with Gasteiger partial charge in [-0.1, -0.05) is 0 Å². The number of hydrogen-bond acceptors (Lipinski definition) is 3. The summed E-state index contributed by atoms with van der Waals surface area (Å²) in [6.45, 7) is 14.6. The van der Waals surface area contributed by atoms with Crippen LogP contribution in [-0.4, -0.2) is 47.8 Å². The van der Waals surface area contributed by atoms with E-state index in [2.05, 4.69) is 44.8 Å². The van der Waals surface area contributed by atoms with Crippen LogP contribution in [0.1, 0.15) is 47.5 Å². The molecule has 2 saturated heterocycles. The standard InChI is InChI=1S/C14H28N2O/c1-11-8-16(13(2,3)10-15-11)9-12-6-7-14(4,5)17-12/h11-12,15H,6-10H2,1-5H3. The summed E-state index contributed by atoms with van der Waals surface area (Å²) in [5.41, 5.74) is 0.344. The van der Waals surface area contributed by atoms with E-state index < -0.39 is 0 Å². The van der Waals surface area contributed by atoms with Crippen molar-refractivity contribution in [3.05, 3.63) is 0 Å². The van der Waals surface area contributed by atoms with Crippen LogP contribution in [0, 0.1) is 0 Å². The summed E-state index contributed by atoms with van der Waals surface area (Å²) in [5, 5.41) is 3.56. The SMILES string of the molecule is CC1CN(CC2CCC(C)(C)O2)C(C)(C)CN1. The predicted octanol–water partition coefficient (Wildman–Crippen LogP) is 2.02. The molecule has 2 atom stereocenters. The summed E-state index contributed by atoms with van der Waals surface area (Å²) >= 11 is 0. The Bertz CT molecular complexity index is 275. The minimum absolute atomic E-state index is 0.0917. The Balaban J connectivity index is 1.93. The van der Waals surface area contributed by atoms with E-state index in [4.69, 9.17) is 4.74 Å². The van der Waals surface area contributed by atoms with Crippen molar-refractivity contribution >= 4 is 0 Å². The topological polar surface area (TPSA) is 24.5 Å². The third kappa shape index (κ3) is 3.21. The Morgan fingerprint density at radius 3 is 2.59 bits per heavy atom. The van der Waals surface area contributed by atoms with Gasteiger partial charge in [-0.25, -0.2) is 0 Å². The van der Waals surface area contributed by atoms with E-state index in [0.29, 0.717) is 12.1 Å². The molecule has 0 aromatic carbocycles. The lowest BCUT2D eigenvalue weighted by atomic mass is 9.97. The zero-order valence-electron chi connectivity index (χ0n) is 12.0. The molecule has 0 radical (unpaired) electrons. The fourth-order valence-corrected chi connectivity index (χ4v) is 2.95. The van der Waals surface area contributed by atoms with Crippen LogP contribution in [0.3, 0.4) is 0 Å².